The summed E-state index contributed by atoms with van der Waals surface area (Å²) in [7, 11) is 0. The number of nitrogen functional groups attached to an aromatic ring is 1. The van der Waals surface area contributed by atoms with Crippen LogP contribution in [0.1, 0.15) is 10.4 Å². The van der Waals surface area contributed by atoms with Gasteiger partial charge in [-0.1, -0.05) is 0 Å². The quantitative estimate of drug-likeness (QED) is 0.634. The van der Waals surface area contributed by atoms with Crippen LogP contribution in [0.5, 0.6) is 5.75 Å². The van der Waals surface area contributed by atoms with Crippen molar-refractivity contribution < 1.29 is 32.2 Å². The Balaban J connectivity index is 2.78. The van der Waals surface area contributed by atoms with Gasteiger partial charge in [-0.15, -0.1) is 0 Å². The van der Waals surface area contributed by atoms with Gasteiger partial charge in [0.1, 0.15) is 5.75 Å². The Morgan fingerprint density at radius 1 is 1.44 bits per heavy atom. The number of halogens is 4. The summed E-state index contributed by atoms with van der Waals surface area (Å²) in [6.45, 7) is -1.54. The highest BCUT2D eigenvalue weighted by atomic mass is 19.3. The van der Waals surface area contributed by atoms with Gasteiger partial charge in [-0.25, -0.2) is 13.6 Å². The van der Waals surface area contributed by atoms with Crippen LogP contribution >= 0.6 is 0 Å². The van der Waals surface area contributed by atoms with Crippen molar-refractivity contribution in [1.29, 1.82) is 0 Å². The van der Waals surface area contributed by atoms with Gasteiger partial charge in [0, 0.05) is 0 Å². The van der Waals surface area contributed by atoms with Crippen LogP contribution in [-0.2, 0) is 0 Å². The van der Waals surface area contributed by atoms with E-state index in [1.54, 1.807) is 0 Å². The first-order valence-corrected chi connectivity index (χ1v) is 4.65. The maximum atomic E-state index is 12.6. The van der Waals surface area contributed by atoms with Crippen LogP contribution in [0.25, 0.3) is 0 Å². The molecular formula is C10H9F4NO3. The maximum Gasteiger partial charge on any atom is 0.340 e. The molecule has 1 aromatic carbocycles. The number of rotatable bonds is 5. The molecule has 0 radical (unpaired) electrons. The van der Waals surface area contributed by atoms with E-state index in [0.717, 1.165) is 18.2 Å². The first-order chi connectivity index (χ1) is 8.24. The number of ether oxygens (including phenoxy) is 1. The number of alkyl halides is 4. The number of aromatic carboxylic acids is 1. The molecule has 3 N–H and O–H groups in total. The van der Waals surface area contributed by atoms with Crippen molar-refractivity contribution in [2.45, 2.75) is 12.3 Å². The first-order valence-electron chi connectivity index (χ1n) is 4.65. The largest absolute Gasteiger partial charge is 0.485 e. The lowest BCUT2D eigenvalue weighted by Crippen LogP contribution is -2.33. The van der Waals surface area contributed by atoms with Crippen molar-refractivity contribution in [3.05, 3.63) is 23.8 Å². The maximum absolute atomic E-state index is 12.6. The second kappa shape index (κ2) is 5.11. The molecule has 0 aliphatic carbocycles. The van der Waals surface area contributed by atoms with Gasteiger partial charge in [-0.2, -0.15) is 8.78 Å². The molecule has 0 unspecified atom stereocenters. The third kappa shape index (κ3) is 3.25. The van der Waals surface area contributed by atoms with E-state index in [-0.39, 0.29) is 17.0 Å². The zero-order valence-electron chi connectivity index (χ0n) is 8.87. The molecule has 0 fully saturated rings. The molecule has 4 nitrogen and oxygen atoms in total. The van der Waals surface area contributed by atoms with Crippen LogP contribution in [0.4, 0.5) is 23.2 Å². The number of carboxylic acid groups (broad SMARTS) is 1. The van der Waals surface area contributed by atoms with Crippen molar-refractivity contribution in [2.24, 2.45) is 0 Å². The molecular weight excluding hydrogens is 258 g/mol. The van der Waals surface area contributed by atoms with Crippen LogP contribution in [0.15, 0.2) is 18.2 Å². The number of nitrogens with two attached hydrogens (primary N) is 1. The van der Waals surface area contributed by atoms with Crippen LogP contribution in [0.2, 0.25) is 0 Å². The molecule has 0 atom stereocenters. The van der Waals surface area contributed by atoms with Crippen LogP contribution < -0.4 is 10.5 Å². The molecule has 18 heavy (non-hydrogen) atoms. The van der Waals surface area contributed by atoms with Gasteiger partial charge in [0.2, 0.25) is 0 Å². The minimum atomic E-state index is -4.29. The minimum absolute atomic E-state index is 0.166. The molecule has 0 heterocycles. The second-order valence-electron chi connectivity index (χ2n) is 3.41. The molecule has 0 spiro atoms. The molecule has 0 aromatic heterocycles. The Hall–Kier alpha value is -1.99. The van der Waals surface area contributed by atoms with Gasteiger partial charge in [-0.3, -0.25) is 0 Å². The number of benzene rings is 1. The lowest BCUT2D eigenvalue weighted by atomic mass is 10.2. The van der Waals surface area contributed by atoms with Crippen molar-refractivity contribution in [1.82, 2.24) is 0 Å². The molecule has 0 saturated carbocycles. The van der Waals surface area contributed by atoms with Gasteiger partial charge in [-0.05, 0) is 18.2 Å². The summed E-state index contributed by atoms with van der Waals surface area (Å²) in [6.07, 6.45) is -3.85. The number of anilines is 1. The van der Waals surface area contributed by atoms with Gasteiger partial charge >= 0.3 is 18.3 Å². The average molecular weight is 267 g/mol. The Labute approximate surface area is 99.0 Å². The summed E-state index contributed by atoms with van der Waals surface area (Å²) in [4.78, 5) is 10.6. The highest BCUT2D eigenvalue weighted by molar-refractivity contribution is 5.89. The van der Waals surface area contributed by atoms with E-state index >= 15 is 0 Å². The van der Waals surface area contributed by atoms with E-state index in [1.165, 1.54) is 0 Å². The standard InChI is InChI=1S/C10H9F4NO3/c11-9(12)10(13,14)4-18-7-2-1-5(8(16)17)3-6(7)15/h1-3,9H,4,15H2,(H,16,17). The lowest BCUT2D eigenvalue weighted by Gasteiger charge is -2.16. The summed E-state index contributed by atoms with van der Waals surface area (Å²) < 4.78 is 53.3. The molecule has 1 rings (SSSR count). The summed E-state index contributed by atoms with van der Waals surface area (Å²) in [5, 5.41) is 8.62. The zero-order valence-corrected chi connectivity index (χ0v) is 8.87. The first kappa shape index (κ1) is 14.1. The fourth-order valence-corrected chi connectivity index (χ4v) is 1.05. The van der Waals surface area contributed by atoms with E-state index in [2.05, 4.69) is 4.74 Å². The Kier molecular flexibility index (Phi) is 4.00. The fraction of sp³-hybridized carbons (Fsp3) is 0.300. The lowest BCUT2D eigenvalue weighted by molar-refractivity contribution is -0.148. The van der Waals surface area contributed by atoms with E-state index in [4.69, 9.17) is 10.8 Å². The van der Waals surface area contributed by atoms with Crippen molar-refractivity contribution in [3.63, 3.8) is 0 Å². The number of carbonyl (C=O) groups is 1. The van der Waals surface area contributed by atoms with E-state index < -0.39 is 24.9 Å². The normalized spacial score (nSPS) is 11.6. The zero-order chi connectivity index (χ0) is 13.9. The smallest absolute Gasteiger partial charge is 0.340 e. The predicted octanol–water partition coefficient (Wildman–Crippen LogP) is 2.25. The highest BCUT2D eigenvalue weighted by Gasteiger charge is 2.41. The summed E-state index contributed by atoms with van der Waals surface area (Å²) in [5.41, 5.74) is 4.96. The second-order valence-corrected chi connectivity index (χ2v) is 3.41. The molecule has 0 aliphatic heterocycles. The Morgan fingerprint density at radius 2 is 2.06 bits per heavy atom. The topological polar surface area (TPSA) is 72.6 Å². The summed E-state index contributed by atoms with van der Waals surface area (Å²) >= 11 is 0. The highest BCUT2D eigenvalue weighted by Crippen LogP contribution is 2.27. The summed E-state index contributed by atoms with van der Waals surface area (Å²) in [6, 6.07) is 3.08. The molecule has 0 saturated heterocycles. The molecule has 100 valence electrons. The average Bonchev–Trinajstić information content (AvgIpc) is 2.26. The third-order valence-electron chi connectivity index (χ3n) is 2.00. The molecule has 8 heteroatoms. The minimum Gasteiger partial charge on any atom is -0.485 e. The Morgan fingerprint density at radius 3 is 2.50 bits per heavy atom. The number of hydrogen-bond donors (Lipinski definition) is 2. The van der Waals surface area contributed by atoms with Crippen LogP contribution in [0.3, 0.4) is 0 Å². The van der Waals surface area contributed by atoms with Crippen LogP contribution in [0, 0.1) is 0 Å². The van der Waals surface area contributed by atoms with E-state index in [0.29, 0.717) is 0 Å². The third-order valence-corrected chi connectivity index (χ3v) is 2.00. The van der Waals surface area contributed by atoms with Gasteiger partial charge in [0.05, 0.1) is 11.3 Å². The summed E-state index contributed by atoms with van der Waals surface area (Å²) in [5.74, 6) is -5.83. The van der Waals surface area contributed by atoms with Crippen molar-refractivity contribution >= 4 is 11.7 Å². The van der Waals surface area contributed by atoms with Gasteiger partial charge in [0.15, 0.2) is 6.61 Å². The van der Waals surface area contributed by atoms with E-state index in [9.17, 15) is 22.4 Å². The Bertz CT molecular complexity index is 451. The molecule has 1 aromatic rings. The van der Waals surface area contributed by atoms with Gasteiger partial charge in [0.25, 0.3) is 0 Å². The molecule has 0 amide bonds. The molecule has 0 aliphatic rings. The SMILES string of the molecule is Nc1cc(C(=O)O)ccc1OCC(F)(F)C(F)F. The van der Waals surface area contributed by atoms with Crippen molar-refractivity contribution in [2.75, 3.05) is 12.3 Å². The number of hydrogen-bond acceptors (Lipinski definition) is 3. The molecule has 0 bridgehead atoms. The van der Waals surface area contributed by atoms with E-state index in [1.807, 2.05) is 0 Å². The van der Waals surface area contributed by atoms with Crippen molar-refractivity contribution in [3.8, 4) is 5.75 Å². The predicted molar refractivity (Wildman–Crippen MR) is 54.3 cm³/mol. The van der Waals surface area contributed by atoms with Gasteiger partial charge < -0.3 is 15.6 Å². The fourth-order valence-electron chi connectivity index (χ4n) is 1.05. The monoisotopic (exact) mass is 267 g/mol. The number of carboxylic acids is 1. The van der Waals surface area contributed by atoms with Crippen LogP contribution in [-0.4, -0.2) is 30.0 Å².